The number of ether oxygens (including phenoxy) is 1. The van der Waals surface area contributed by atoms with Gasteiger partial charge in [0.25, 0.3) is 11.1 Å². The molecule has 28 heavy (non-hydrogen) atoms. The Morgan fingerprint density at radius 3 is 2.64 bits per heavy atom. The van der Waals surface area contributed by atoms with Gasteiger partial charge in [-0.25, -0.2) is 4.98 Å². The quantitative estimate of drug-likeness (QED) is 0.390. The van der Waals surface area contributed by atoms with E-state index in [1.807, 2.05) is 62.4 Å². The molecule has 0 atom stereocenters. The molecular formula is C21H19N3O3S. The van der Waals surface area contributed by atoms with Crippen LogP contribution in [-0.4, -0.2) is 21.8 Å². The lowest BCUT2D eigenvalue weighted by Crippen LogP contribution is -1.93. The summed E-state index contributed by atoms with van der Waals surface area (Å²) in [6.45, 7) is 4.56. The van der Waals surface area contributed by atoms with Crippen LogP contribution in [0.5, 0.6) is 5.75 Å². The minimum absolute atomic E-state index is 0.437. The number of aromatic nitrogens is 3. The number of benzene rings is 2. The van der Waals surface area contributed by atoms with Crippen molar-refractivity contribution in [2.75, 3.05) is 6.61 Å². The molecule has 0 saturated carbocycles. The monoisotopic (exact) mass is 393 g/mol. The van der Waals surface area contributed by atoms with Crippen molar-refractivity contribution in [3.8, 4) is 28.7 Å². The van der Waals surface area contributed by atoms with Crippen LogP contribution >= 0.6 is 11.8 Å². The van der Waals surface area contributed by atoms with Gasteiger partial charge >= 0.3 is 0 Å². The molecule has 0 N–H and O–H groups in total. The van der Waals surface area contributed by atoms with Crippen LogP contribution in [0.15, 0.2) is 68.9 Å². The summed E-state index contributed by atoms with van der Waals surface area (Å²) in [6.07, 6.45) is 1.66. The Bertz CT molecular complexity index is 1060. The maximum Gasteiger partial charge on any atom is 0.277 e. The zero-order chi connectivity index (χ0) is 19.3. The zero-order valence-corrected chi connectivity index (χ0v) is 16.4. The van der Waals surface area contributed by atoms with E-state index in [2.05, 4.69) is 15.2 Å². The minimum Gasteiger partial charge on any atom is -0.493 e. The highest BCUT2D eigenvalue weighted by atomic mass is 32.2. The molecule has 2 aromatic heterocycles. The molecule has 0 fully saturated rings. The highest BCUT2D eigenvalue weighted by Crippen LogP contribution is 2.31. The fourth-order valence-corrected chi connectivity index (χ4v) is 3.28. The maximum atomic E-state index is 5.79. The van der Waals surface area contributed by atoms with Crippen LogP contribution in [0.1, 0.15) is 18.2 Å². The first kappa shape index (κ1) is 18.3. The summed E-state index contributed by atoms with van der Waals surface area (Å²) >= 11 is 1.42. The van der Waals surface area contributed by atoms with Gasteiger partial charge in [0.1, 0.15) is 12.0 Å². The van der Waals surface area contributed by atoms with Crippen LogP contribution in [0.2, 0.25) is 0 Å². The summed E-state index contributed by atoms with van der Waals surface area (Å²) in [5.74, 6) is 2.34. The van der Waals surface area contributed by atoms with Gasteiger partial charge in [-0.2, -0.15) is 0 Å². The normalized spacial score (nSPS) is 10.9. The van der Waals surface area contributed by atoms with E-state index >= 15 is 0 Å². The van der Waals surface area contributed by atoms with Gasteiger partial charge in [0.15, 0.2) is 0 Å². The van der Waals surface area contributed by atoms with E-state index in [9.17, 15) is 0 Å². The second-order valence-electron chi connectivity index (χ2n) is 6.10. The summed E-state index contributed by atoms with van der Waals surface area (Å²) in [5.41, 5.74) is 3.75. The van der Waals surface area contributed by atoms with E-state index in [1.165, 1.54) is 17.3 Å². The van der Waals surface area contributed by atoms with E-state index in [0.717, 1.165) is 22.6 Å². The van der Waals surface area contributed by atoms with Crippen molar-refractivity contribution in [1.29, 1.82) is 0 Å². The van der Waals surface area contributed by atoms with Crippen LogP contribution in [0.4, 0.5) is 0 Å². The maximum absolute atomic E-state index is 5.79. The molecular weight excluding hydrogens is 374 g/mol. The fraction of sp³-hybridized carbons (Fsp3) is 0.190. The third-order valence-electron chi connectivity index (χ3n) is 4.02. The highest BCUT2D eigenvalue weighted by molar-refractivity contribution is 7.98. The molecule has 0 aliphatic heterocycles. The predicted octanol–water partition coefficient (Wildman–Crippen LogP) is 5.39. The molecule has 4 rings (SSSR count). The number of rotatable bonds is 7. The molecule has 2 aromatic carbocycles. The lowest BCUT2D eigenvalue weighted by atomic mass is 10.1. The van der Waals surface area contributed by atoms with Crippen LogP contribution in [0.3, 0.4) is 0 Å². The van der Waals surface area contributed by atoms with Crippen LogP contribution < -0.4 is 4.74 Å². The highest BCUT2D eigenvalue weighted by Gasteiger charge is 2.14. The van der Waals surface area contributed by atoms with Crippen LogP contribution in [0, 0.1) is 6.92 Å². The largest absolute Gasteiger partial charge is 0.493 e. The zero-order valence-electron chi connectivity index (χ0n) is 15.6. The SMILES string of the molecule is CCOc1ccccc1-c1nnc(SCc2coc(-c3ccc(C)cc3)n2)o1. The Morgan fingerprint density at radius 2 is 1.82 bits per heavy atom. The van der Waals surface area contributed by atoms with Crippen molar-refractivity contribution in [2.45, 2.75) is 24.8 Å². The molecule has 0 spiro atoms. The van der Waals surface area contributed by atoms with E-state index in [0.29, 0.717) is 29.4 Å². The van der Waals surface area contributed by atoms with E-state index in [1.54, 1.807) is 6.26 Å². The Morgan fingerprint density at radius 1 is 1.00 bits per heavy atom. The Labute approximate surface area is 167 Å². The molecule has 2 heterocycles. The first-order chi connectivity index (χ1) is 13.7. The van der Waals surface area contributed by atoms with Crippen molar-refractivity contribution in [3.05, 3.63) is 66.1 Å². The predicted molar refractivity (Wildman–Crippen MR) is 107 cm³/mol. The van der Waals surface area contributed by atoms with E-state index in [4.69, 9.17) is 13.6 Å². The Hall–Kier alpha value is -3.06. The van der Waals surface area contributed by atoms with Gasteiger partial charge in [-0.15, -0.1) is 10.2 Å². The third kappa shape index (κ3) is 4.09. The molecule has 0 aliphatic rings. The molecule has 7 heteroatoms. The first-order valence-corrected chi connectivity index (χ1v) is 9.91. The molecule has 0 aliphatic carbocycles. The van der Waals surface area contributed by atoms with E-state index < -0.39 is 0 Å². The molecule has 0 saturated heterocycles. The van der Waals surface area contributed by atoms with Crippen molar-refractivity contribution in [2.24, 2.45) is 0 Å². The number of para-hydroxylation sites is 1. The minimum atomic E-state index is 0.437. The average molecular weight is 393 g/mol. The third-order valence-corrected chi connectivity index (χ3v) is 4.87. The molecule has 142 valence electrons. The van der Waals surface area contributed by atoms with E-state index in [-0.39, 0.29) is 0 Å². The average Bonchev–Trinajstić information content (AvgIpc) is 3.37. The lowest BCUT2D eigenvalue weighted by Gasteiger charge is -2.05. The second-order valence-corrected chi connectivity index (χ2v) is 7.03. The topological polar surface area (TPSA) is 74.2 Å². The number of hydrogen-bond acceptors (Lipinski definition) is 7. The van der Waals surface area contributed by atoms with Gasteiger partial charge in [0, 0.05) is 11.3 Å². The van der Waals surface area contributed by atoms with Gasteiger partial charge in [0.05, 0.1) is 17.9 Å². The second kappa shape index (κ2) is 8.31. The van der Waals surface area contributed by atoms with Gasteiger partial charge in [-0.05, 0) is 38.1 Å². The number of hydrogen-bond donors (Lipinski definition) is 0. The molecule has 4 aromatic rings. The molecule has 0 bridgehead atoms. The number of oxazole rings is 1. The first-order valence-electron chi connectivity index (χ1n) is 8.93. The number of thioether (sulfide) groups is 1. The van der Waals surface area contributed by atoms with Gasteiger partial charge in [0.2, 0.25) is 5.89 Å². The standard InChI is InChI=1S/C21H19N3O3S/c1-3-25-18-7-5-4-6-17(18)20-23-24-21(27-20)28-13-16-12-26-19(22-16)15-10-8-14(2)9-11-15/h4-12H,3,13H2,1-2H3. The molecule has 0 radical (unpaired) electrons. The van der Waals surface area contributed by atoms with Gasteiger partial charge < -0.3 is 13.6 Å². The number of aryl methyl sites for hydroxylation is 1. The lowest BCUT2D eigenvalue weighted by molar-refractivity contribution is 0.340. The molecule has 0 amide bonds. The smallest absolute Gasteiger partial charge is 0.277 e. The summed E-state index contributed by atoms with van der Waals surface area (Å²) in [4.78, 5) is 4.53. The molecule has 6 nitrogen and oxygen atoms in total. The van der Waals surface area contributed by atoms with Crippen LogP contribution in [0.25, 0.3) is 22.9 Å². The Balaban J connectivity index is 1.44. The molecule has 0 unspecified atom stereocenters. The summed E-state index contributed by atoms with van der Waals surface area (Å²) < 4.78 is 17.0. The summed E-state index contributed by atoms with van der Waals surface area (Å²) in [7, 11) is 0. The van der Waals surface area contributed by atoms with Crippen molar-refractivity contribution >= 4 is 11.8 Å². The van der Waals surface area contributed by atoms with Gasteiger partial charge in [-0.1, -0.05) is 41.6 Å². The summed E-state index contributed by atoms with van der Waals surface area (Å²) in [6, 6.07) is 15.7. The van der Waals surface area contributed by atoms with Gasteiger partial charge in [-0.3, -0.25) is 0 Å². The Kier molecular flexibility index (Phi) is 5.43. The van der Waals surface area contributed by atoms with Crippen molar-refractivity contribution in [1.82, 2.24) is 15.2 Å². The van der Waals surface area contributed by atoms with Crippen LogP contribution in [-0.2, 0) is 5.75 Å². The fourth-order valence-electron chi connectivity index (χ4n) is 2.64. The number of nitrogens with zero attached hydrogens (tertiary/aromatic N) is 3. The van der Waals surface area contributed by atoms with Crippen molar-refractivity contribution < 1.29 is 13.6 Å². The van der Waals surface area contributed by atoms with Crippen molar-refractivity contribution in [3.63, 3.8) is 0 Å². The summed E-state index contributed by atoms with van der Waals surface area (Å²) in [5, 5.41) is 8.73.